The van der Waals surface area contributed by atoms with E-state index in [0.29, 0.717) is 39.4 Å². The number of ether oxygens (including phenoxy) is 2. The summed E-state index contributed by atoms with van der Waals surface area (Å²) < 4.78 is 10.6. The maximum atomic E-state index is 12.5. The van der Waals surface area contributed by atoms with Crippen LogP contribution < -0.4 is 20.1 Å². The second-order valence-electron chi connectivity index (χ2n) is 5.92. The number of benzene rings is 2. The van der Waals surface area contributed by atoms with Crippen LogP contribution in [0.2, 0.25) is 5.02 Å². The number of aryl methyl sites for hydroxylation is 1. The number of rotatable bonds is 6. The van der Waals surface area contributed by atoms with E-state index in [1.807, 2.05) is 19.1 Å². The summed E-state index contributed by atoms with van der Waals surface area (Å²) in [5.41, 5.74) is 2.52. The molecular formula is C20H19ClN4O3. The van der Waals surface area contributed by atoms with Crippen molar-refractivity contribution in [2.24, 2.45) is 0 Å². The molecule has 0 unspecified atom stereocenters. The first-order valence-corrected chi connectivity index (χ1v) is 8.76. The SMILES string of the molecule is COc1ccc(C)cc1NC(=O)c1cnc(Nc2cc(Cl)ccc2OC)nc1. The van der Waals surface area contributed by atoms with Crippen LogP contribution in [-0.4, -0.2) is 30.1 Å². The fourth-order valence-electron chi connectivity index (χ4n) is 2.52. The Morgan fingerprint density at radius 1 is 0.964 bits per heavy atom. The Bertz CT molecular complexity index is 993. The number of carbonyl (C=O) groups is 1. The molecule has 0 aliphatic carbocycles. The van der Waals surface area contributed by atoms with Gasteiger partial charge in [0.05, 0.1) is 31.2 Å². The molecule has 0 radical (unpaired) electrons. The molecule has 7 nitrogen and oxygen atoms in total. The van der Waals surface area contributed by atoms with Crippen LogP contribution in [0.5, 0.6) is 11.5 Å². The maximum Gasteiger partial charge on any atom is 0.258 e. The summed E-state index contributed by atoms with van der Waals surface area (Å²) in [7, 11) is 3.11. The average molecular weight is 399 g/mol. The van der Waals surface area contributed by atoms with E-state index in [2.05, 4.69) is 20.6 Å². The van der Waals surface area contributed by atoms with E-state index in [1.54, 1.807) is 38.5 Å². The highest BCUT2D eigenvalue weighted by Crippen LogP contribution is 2.29. The molecule has 1 amide bonds. The molecule has 28 heavy (non-hydrogen) atoms. The fraction of sp³-hybridized carbons (Fsp3) is 0.150. The zero-order valence-corrected chi connectivity index (χ0v) is 16.4. The molecule has 8 heteroatoms. The number of hydrogen-bond donors (Lipinski definition) is 2. The number of amides is 1. The van der Waals surface area contributed by atoms with Crippen LogP contribution in [0.15, 0.2) is 48.8 Å². The summed E-state index contributed by atoms with van der Waals surface area (Å²) >= 11 is 6.02. The van der Waals surface area contributed by atoms with Crippen LogP contribution in [0.4, 0.5) is 17.3 Å². The Balaban J connectivity index is 1.75. The standard InChI is InChI=1S/C20H19ClN4O3/c1-12-4-6-17(27-2)15(8-12)24-19(26)13-10-22-20(23-11-13)25-16-9-14(21)5-7-18(16)28-3/h4-11H,1-3H3,(H,24,26)(H,22,23,25). The van der Waals surface area contributed by atoms with Gasteiger partial charge in [-0.3, -0.25) is 4.79 Å². The van der Waals surface area contributed by atoms with Gasteiger partial charge in [0.25, 0.3) is 5.91 Å². The Kier molecular flexibility index (Phi) is 5.96. The van der Waals surface area contributed by atoms with Crippen LogP contribution >= 0.6 is 11.6 Å². The van der Waals surface area contributed by atoms with Crippen molar-refractivity contribution in [3.05, 3.63) is 64.9 Å². The lowest BCUT2D eigenvalue weighted by atomic mass is 10.2. The summed E-state index contributed by atoms with van der Waals surface area (Å²) in [6.45, 7) is 1.93. The van der Waals surface area contributed by atoms with Gasteiger partial charge in [0.15, 0.2) is 0 Å². The van der Waals surface area contributed by atoms with Crippen molar-refractivity contribution >= 4 is 34.8 Å². The second-order valence-corrected chi connectivity index (χ2v) is 6.36. The minimum absolute atomic E-state index is 0.310. The molecule has 0 saturated carbocycles. The molecule has 2 aromatic carbocycles. The molecular weight excluding hydrogens is 380 g/mol. The molecule has 0 saturated heterocycles. The van der Waals surface area contributed by atoms with Gasteiger partial charge >= 0.3 is 0 Å². The molecule has 0 spiro atoms. The highest BCUT2D eigenvalue weighted by molar-refractivity contribution is 6.31. The summed E-state index contributed by atoms with van der Waals surface area (Å²) in [5.74, 6) is 1.15. The van der Waals surface area contributed by atoms with Gasteiger partial charge in [0, 0.05) is 17.4 Å². The summed E-state index contributed by atoms with van der Waals surface area (Å²) in [6, 6.07) is 10.7. The first-order chi connectivity index (χ1) is 13.5. The van der Waals surface area contributed by atoms with Crippen molar-refractivity contribution in [2.75, 3.05) is 24.9 Å². The van der Waals surface area contributed by atoms with Crippen molar-refractivity contribution < 1.29 is 14.3 Å². The molecule has 0 atom stereocenters. The number of hydrogen-bond acceptors (Lipinski definition) is 6. The lowest BCUT2D eigenvalue weighted by Gasteiger charge is -2.12. The number of aromatic nitrogens is 2. The van der Waals surface area contributed by atoms with Crippen molar-refractivity contribution in [1.29, 1.82) is 0 Å². The fourth-order valence-corrected chi connectivity index (χ4v) is 2.69. The van der Waals surface area contributed by atoms with Crippen molar-refractivity contribution in [3.63, 3.8) is 0 Å². The Morgan fingerprint density at radius 2 is 1.61 bits per heavy atom. The highest BCUT2D eigenvalue weighted by atomic mass is 35.5. The van der Waals surface area contributed by atoms with Gasteiger partial charge in [-0.15, -0.1) is 0 Å². The Hall–Kier alpha value is -3.32. The van der Waals surface area contributed by atoms with Crippen molar-refractivity contribution in [3.8, 4) is 11.5 Å². The van der Waals surface area contributed by atoms with Gasteiger partial charge in [-0.25, -0.2) is 9.97 Å². The monoisotopic (exact) mass is 398 g/mol. The highest BCUT2D eigenvalue weighted by Gasteiger charge is 2.12. The molecule has 3 aromatic rings. The van der Waals surface area contributed by atoms with Gasteiger partial charge in [-0.05, 0) is 42.8 Å². The summed E-state index contributed by atoms with van der Waals surface area (Å²) in [4.78, 5) is 20.9. The number of carbonyl (C=O) groups excluding carboxylic acids is 1. The third-order valence-electron chi connectivity index (χ3n) is 3.93. The number of nitrogens with one attached hydrogen (secondary N) is 2. The Labute approximate surface area is 167 Å². The van der Waals surface area contributed by atoms with Gasteiger partial charge in [0.1, 0.15) is 11.5 Å². The smallest absolute Gasteiger partial charge is 0.258 e. The predicted molar refractivity (Wildman–Crippen MR) is 109 cm³/mol. The molecule has 0 aliphatic heterocycles. The zero-order valence-electron chi connectivity index (χ0n) is 15.6. The molecule has 0 fully saturated rings. The number of anilines is 3. The van der Waals surface area contributed by atoms with Crippen molar-refractivity contribution in [2.45, 2.75) is 6.92 Å². The molecule has 144 valence electrons. The molecule has 2 N–H and O–H groups in total. The number of nitrogens with zero attached hydrogens (tertiary/aromatic N) is 2. The number of methoxy groups -OCH3 is 2. The van der Waals surface area contributed by atoms with Crippen LogP contribution in [0, 0.1) is 6.92 Å². The van der Waals surface area contributed by atoms with E-state index in [9.17, 15) is 4.79 Å². The number of halogens is 1. The quantitative estimate of drug-likeness (QED) is 0.638. The van der Waals surface area contributed by atoms with Gasteiger partial charge < -0.3 is 20.1 Å². The normalized spacial score (nSPS) is 10.3. The van der Waals surface area contributed by atoms with Crippen LogP contribution in [0.3, 0.4) is 0 Å². The summed E-state index contributed by atoms with van der Waals surface area (Å²) in [6.07, 6.45) is 2.87. The van der Waals surface area contributed by atoms with Crippen molar-refractivity contribution in [1.82, 2.24) is 9.97 Å². The minimum atomic E-state index is -0.337. The minimum Gasteiger partial charge on any atom is -0.495 e. The van der Waals surface area contributed by atoms with E-state index >= 15 is 0 Å². The molecule has 0 bridgehead atoms. The van der Waals surface area contributed by atoms with E-state index < -0.39 is 0 Å². The third kappa shape index (κ3) is 4.50. The third-order valence-corrected chi connectivity index (χ3v) is 4.16. The predicted octanol–water partition coefficient (Wildman–Crippen LogP) is 4.45. The molecule has 3 rings (SSSR count). The Morgan fingerprint density at radius 3 is 2.29 bits per heavy atom. The topological polar surface area (TPSA) is 85.4 Å². The average Bonchev–Trinajstić information content (AvgIpc) is 2.69. The molecule has 1 heterocycles. The van der Waals surface area contributed by atoms with E-state index in [0.717, 1.165) is 5.56 Å². The second kappa shape index (κ2) is 8.58. The largest absolute Gasteiger partial charge is 0.495 e. The van der Waals surface area contributed by atoms with Gasteiger partial charge in [0.2, 0.25) is 5.95 Å². The lowest BCUT2D eigenvalue weighted by molar-refractivity contribution is 0.102. The zero-order chi connectivity index (χ0) is 20.1. The lowest BCUT2D eigenvalue weighted by Crippen LogP contribution is -2.14. The van der Waals surface area contributed by atoms with Crippen LogP contribution in [0.1, 0.15) is 15.9 Å². The van der Waals surface area contributed by atoms with Crippen LogP contribution in [0.25, 0.3) is 0 Å². The summed E-state index contributed by atoms with van der Waals surface area (Å²) in [5, 5.41) is 6.38. The van der Waals surface area contributed by atoms with E-state index in [4.69, 9.17) is 21.1 Å². The van der Waals surface area contributed by atoms with E-state index in [1.165, 1.54) is 12.4 Å². The maximum absolute atomic E-state index is 12.5. The first-order valence-electron chi connectivity index (χ1n) is 8.38. The molecule has 0 aliphatic rings. The first kappa shape index (κ1) is 19.4. The van der Waals surface area contributed by atoms with Gasteiger partial charge in [-0.1, -0.05) is 17.7 Å². The molecule has 1 aromatic heterocycles. The van der Waals surface area contributed by atoms with Crippen LogP contribution in [-0.2, 0) is 0 Å². The van der Waals surface area contributed by atoms with E-state index in [-0.39, 0.29) is 5.91 Å². The van der Waals surface area contributed by atoms with Gasteiger partial charge in [-0.2, -0.15) is 0 Å².